The first-order chi connectivity index (χ1) is 7.31. The van der Waals surface area contributed by atoms with Gasteiger partial charge in [0.1, 0.15) is 0 Å². The summed E-state index contributed by atoms with van der Waals surface area (Å²) >= 11 is 0. The summed E-state index contributed by atoms with van der Waals surface area (Å²) in [5, 5.41) is 7.50. The van der Waals surface area contributed by atoms with Crippen LogP contribution in [0.3, 0.4) is 0 Å². The van der Waals surface area contributed by atoms with E-state index in [1.54, 1.807) is 0 Å². The third-order valence-electron chi connectivity index (χ3n) is 4.30. The van der Waals surface area contributed by atoms with Gasteiger partial charge in [0, 0.05) is 18.1 Å². The minimum absolute atomic E-state index is 0.692. The van der Waals surface area contributed by atoms with Gasteiger partial charge < -0.3 is 10.6 Å². The molecule has 88 valence electrons. The topological polar surface area (TPSA) is 24.1 Å². The van der Waals surface area contributed by atoms with Crippen LogP contribution in [0.2, 0.25) is 0 Å². The molecule has 0 bridgehead atoms. The van der Waals surface area contributed by atoms with E-state index in [9.17, 15) is 0 Å². The van der Waals surface area contributed by atoms with E-state index in [0.717, 1.165) is 18.0 Å². The normalized spacial score (nSPS) is 38.4. The zero-order valence-corrected chi connectivity index (χ0v) is 10.3. The predicted octanol–water partition coefficient (Wildman–Crippen LogP) is 2.30. The Labute approximate surface area is 94.2 Å². The molecular formula is C13H26N2. The van der Waals surface area contributed by atoms with Crippen molar-refractivity contribution in [2.24, 2.45) is 5.92 Å². The van der Waals surface area contributed by atoms with Crippen LogP contribution in [0.4, 0.5) is 0 Å². The number of hydrogen-bond acceptors (Lipinski definition) is 2. The Bertz CT molecular complexity index is 187. The monoisotopic (exact) mass is 210 g/mol. The maximum atomic E-state index is 3.82. The lowest BCUT2D eigenvalue weighted by Gasteiger charge is -2.29. The Balaban J connectivity index is 1.86. The highest BCUT2D eigenvalue weighted by Crippen LogP contribution is 2.32. The van der Waals surface area contributed by atoms with Gasteiger partial charge in [0.25, 0.3) is 0 Å². The van der Waals surface area contributed by atoms with Gasteiger partial charge in [-0.15, -0.1) is 0 Å². The molecule has 0 aromatic heterocycles. The molecule has 0 amide bonds. The van der Waals surface area contributed by atoms with E-state index in [0.29, 0.717) is 6.04 Å². The number of nitrogens with one attached hydrogen (secondary N) is 2. The molecule has 2 rings (SSSR count). The SMILES string of the molecule is CCC(C)NC1CCCC1C1CCCN1. The smallest absolute Gasteiger partial charge is 0.0113 e. The fraction of sp³-hybridized carbons (Fsp3) is 1.00. The first-order valence-corrected chi connectivity index (χ1v) is 6.80. The summed E-state index contributed by atoms with van der Waals surface area (Å²) in [5.41, 5.74) is 0. The average molecular weight is 210 g/mol. The molecule has 1 aliphatic carbocycles. The van der Waals surface area contributed by atoms with Crippen LogP contribution in [0.25, 0.3) is 0 Å². The predicted molar refractivity (Wildman–Crippen MR) is 65.0 cm³/mol. The third kappa shape index (κ3) is 2.73. The minimum Gasteiger partial charge on any atom is -0.314 e. The summed E-state index contributed by atoms with van der Waals surface area (Å²) in [4.78, 5) is 0. The van der Waals surface area contributed by atoms with Crippen molar-refractivity contribution in [1.29, 1.82) is 0 Å². The van der Waals surface area contributed by atoms with Gasteiger partial charge >= 0.3 is 0 Å². The molecule has 1 aliphatic heterocycles. The van der Waals surface area contributed by atoms with Gasteiger partial charge in [-0.2, -0.15) is 0 Å². The van der Waals surface area contributed by atoms with Crippen LogP contribution in [0.15, 0.2) is 0 Å². The lowest BCUT2D eigenvalue weighted by atomic mass is 9.92. The second kappa shape index (κ2) is 5.31. The van der Waals surface area contributed by atoms with Gasteiger partial charge in [-0.25, -0.2) is 0 Å². The lowest BCUT2D eigenvalue weighted by Crippen LogP contribution is -2.45. The Morgan fingerprint density at radius 2 is 2.13 bits per heavy atom. The fourth-order valence-corrected chi connectivity index (χ4v) is 3.24. The van der Waals surface area contributed by atoms with Gasteiger partial charge in [0.15, 0.2) is 0 Å². The highest BCUT2D eigenvalue weighted by molar-refractivity contribution is 4.93. The number of hydrogen-bond donors (Lipinski definition) is 2. The van der Waals surface area contributed by atoms with Crippen molar-refractivity contribution < 1.29 is 0 Å². The van der Waals surface area contributed by atoms with Crippen LogP contribution in [0, 0.1) is 5.92 Å². The standard InChI is InChI=1S/C13H26N2/c1-3-10(2)15-13-7-4-6-11(13)12-8-5-9-14-12/h10-15H,3-9H2,1-2H3. The van der Waals surface area contributed by atoms with Crippen molar-refractivity contribution in [1.82, 2.24) is 10.6 Å². The summed E-state index contributed by atoms with van der Waals surface area (Å²) in [6.07, 6.45) is 8.30. The summed E-state index contributed by atoms with van der Waals surface area (Å²) in [6.45, 7) is 5.84. The summed E-state index contributed by atoms with van der Waals surface area (Å²) in [6, 6.07) is 2.29. The van der Waals surface area contributed by atoms with Gasteiger partial charge in [-0.05, 0) is 51.5 Å². The van der Waals surface area contributed by atoms with Crippen molar-refractivity contribution in [3.05, 3.63) is 0 Å². The van der Waals surface area contributed by atoms with E-state index in [-0.39, 0.29) is 0 Å². The molecule has 2 nitrogen and oxygen atoms in total. The maximum Gasteiger partial charge on any atom is 0.0113 e. The summed E-state index contributed by atoms with van der Waals surface area (Å²) in [7, 11) is 0. The van der Waals surface area contributed by atoms with Crippen LogP contribution >= 0.6 is 0 Å². The zero-order chi connectivity index (χ0) is 10.7. The Morgan fingerprint density at radius 1 is 1.27 bits per heavy atom. The Kier molecular flexibility index (Phi) is 4.04. The first-order valence-electron chi connectivity index (χ1n) is 6.80. The molecule has 0 aromatic carbocycles. The molecule has 4 atom stereocenters. The van der Waals surface area contributed by atoms with Crippen molar-refractivity contribution in [3.63, 3.8) is 0 Å². The molecule has 0 aromatic rings. The maximum absolute atomic E-state index is 3.82. The fourth-order valence-electron chi connectivity index (χ4n) is 3.24. The molecular weight excluding hydrogens is 184 g/mol. The van der Waals surface area contributed by atoms with E-state index in [2.05, 4.69) is 24.5 Å². The Morgan fingerprint density at radius 3 is 2.80 bits per heavy atom. The highest BCUT2D eigenvalue weighted by Gasteiger charge is 2.34. The second-order valence-corrected chi connectivity index (χ2v) is 5.38. The van der Waals surface area contributed by atoms with Crippen LogP contribution < -0.4 is 10.6 Å². The molecule has 1 saturated heterocycles. The Hall–Kier alpha value is -0.0800. The van der Waals surface area contributed by atoms with Crippen molar-refractivity contribution in [2.45, 2.75) is 70.5 Å². The van der Waals surface area contributed by atoms with Crippen LogP contribution in [-0.4, -0.2) is 24.7 Å². The van der Waals surface area contributed by atoms with E-state index in [1.165, 1.54) is 45.1 Å². The van der Waals surface area contributed by atoms with Gasteiger partial charge in [-0.1, -0.05) is 13.3 Å². The van der Waals surface area contributed by atoms with Crippen molar-refractivity contribution >= 4 is 0 Å². The van der Waals surface area contributed by atoms with Gasteiger partial charge in [-0.3, -0.25) is 0 Å². The second-order valence-electron chi connectivity index (χ2n) is 5.38. The summed E-state index contributed by atoms with van der Waals surface area (Å²) in [5.74, 6) is 0.904. The van der Waals surface area contributed by atoms with E-state index in [4.69, 9.17) is 0 Å². The van der Waals surface area contributed by atoms with E-state index in [1.807, 2.05) is 0 Å². The molecule has 2 fully saturated rings. The molecule has 0 spiro atoms. The highest BCUT2D eigenvalue weighted by atomic mass is 15.0. The third-order valence-corrected chi connectivity index (χ3v) is 4.30. The molecule has 2 N–H and O–H groups in total. The minimum atomic E-state index is 0.692. The van der Waals surface area contributed by atoms with Crippen molar-refractivity contribution in [3.8, 4) is 0 Å². The molecule has 4 unspecified atom stereocenters. The molecule has 1 saturated carbocycles. The average Bonchev–Trinajstić information content (AvgIpc) is 2.86. The largest absolute Gasteiger partial charge is 0.314 e. The van der Waals surface area contributed by atoms with Crippen LogP contribution in [0.5, 0.6) is 0 Å². The van der Waals surface area contributed by atoms with Crippen LogP contribution in [0.1, 0.15) is 52.4 Å². The molecule has 0 radical (unpaired) electrons. The lowest BCUT2D eigenvalue weighted by molar-refractivity contribution is 0.300. The quantitative estimate of drug-likeness (QED) is 0.744. The van der Waals surface area contributed by atoms with Gasteiger partial charge in [0.05, 0.1) is 0 Å². The van der Waals surface area contributed by atoms with E-state index >= 15 is 0 Å². The molecule has 2 heteroatoms. The molecule has 15 heavy (non-hydrogen) atoms. The molecule has 1 heterocycles. The summed E-state index contributed by atoms with van der Waals surface area (Å²) < 4.78 is 0. The van der Waals surface area contributed by atoms with E-state index < -0.39 is 0 Å². The molecule has 2 aliphatic rings. The van der Waals surface area contributed by atoms with Crippen molar-refractivity contribution in [2.75, 3.05) is 6.54 Å². The zero-order valence-electron chi connectivity index (χ0n) is 10.3. The number of rotatable bonds is 4. The first kappa shape index (κ1) is 11.4. The van der Waals surface area contributed by atoms with Crippen LogP contribution in [-0.2, 0) is 0 Å². The van der Waals surface area contributed by atoms with Gasteiger partial charge in [0.2, 0.25) is 0 Å².